The Balaban J connectivity index is 2.73. The molecule has 1 aromatic rings. The fourth-order valence-electron chi connectivity index (χ4n) is 2.08. The number of hydrogen-bond donors (Lipinski definition) is 1. The van der Waals surface area contributed by atoms with Crippen LogP contribution in [0.3, 0.4) is 0 Å². The van der Waals surface area contributed by atoms with Crippen LogP contribution in [0.2, 0.25) is 0 Å². The molecule has 0 aliphatic carbocycles. The second-order valence-electron chi connectivity index (χ2n) is 4.94. The van der Waals surface area contributed by atoms with Gasteiger partial charge in [-0.25, -0.2) is 0 Å². The molecule has 0 amide bonds. The van der Waals surface area contributed by atoms with Crippen molar-refractivity contribution in [3.63, 3.8) is 0 Å². The van der Waals surface area contributed by atoms with Gasteiger partial charge in [0.15, 0.2) is 0 Å². The molecule has 0 bridgehead atoms. The molecule has 0 saturated heterocycles. The molecular weight excluding hydrogens is 332 g/mol. The first kappa shape index (κ1) is 18.4. The van der Waals surface area contributed by atoms with Crippen molar-refractivity contribution in [1.29, 1.82) is 0 Å². The Kier molecular flexibility index (Phi) is 9.67. The van der Waals surface area contributed by atoms with Crippen molar-refractivity contribution in [2.24, 2.45) is 0 Å². The molecule has 0 radical (unpaired) electrons. The highest BCUT2D eigenvalue weighted by molar-refractivity contribution is 9.10. The van der Waals surface area contributed by atoms with Crippen molar-refractivity contribution in [2.75, 3.05) is 52.0 Å². The van der Waals surface area contributed by atoms with E-state index < -0.39 is 0 Å². The van der Waals surface area contributed by atoms with Crippen molar-refractivity contribution >= 4 is 21.6 Å². The second-order valence-corrected chi connectivity index (χ2v) is 5.79. The zero-order valence-electron chi connectivity index (χ0n) is 13.3. The first-order chi connectivity index (χ1) is 10.2. The quantitative estimate of drug-likeness (QED) is 0.616. The largest absolute Gasteiger partial charge is 0.383 e. The van der Waals surface area contributed by atoms with Crippen molar-refractivity contribution in [3.8, 4) is 0 Å². The molecule has 0 atom stereocenters. The van der Waals surface area contributed by atoms with Gasteiger partial charge >= 0.3 is 0 Å². The molecule has 0 unspecified atom stereocenters. The van der Waals surface area contributed by atoms with Crippen LogP contribution >= 0.6 is 15.9 Å². The fourth-order valence-corrected chi connectivity index (χ4v) is 2.76. The molecule has 1 rings (SSSR count). The molecule has 1 N–H and O–H groups in total. The molecule has 0 fully saturated rings. The van der Waals surface area contributed by atoms with Gasteiger partial charge in [-0.2, -0.15) is 0 Å². The van der Waals surface area contributed by atoms with E-state index in [9.17, 15) is 0 Å². The Labute approximate surface area is 136 Å². The third-order valence-corrected chi connectivity index (χ3v) is 3.87. The van der Waals surface area contributed by atoms with E-state index >= 15 is 0 Å². The van der Waals surface area contributed by atoms with E-state index in [1.807, 2.05) is 0 Å². The summed E-state index contributed by atoms with van der Waals surface area (Å²) in [5.41, 5.74) is 2.47. The van der Waals surface area contributed by atoms with Crippen molar-refractivity contribution in [1.82, 2.24) is 5.32 Å². The summed E-state index contributed by atoms with van der Waals surface area (Å²) >= 11 is 3.69. The smallest absolute Gasteiger partial charge is 0.0637 e. The SMILES string of the molecule is CCCNCc1ccc(N(CCOC)CCOC)c(Br)c1. The van der Waals surface area contributed by atoms with Crippen LogP contribution in [0.4, 0.5) is 5.69 Å². The first-order valence-corrected chi connectivity index (χ1v) is 8.24. The highest BCUT2D eigenvalue weighted by Gasteiger charge is 2.10. The molecule has 0 aliphatic heterocycles. The van der Waals surface area contributed by atoms with E-state index in [-0.39, 0.29) is 0 Å². The Bertz CT molecular complexity index is 394. The third kappa shape index (κ3) is 6.78. The minimum atomic E-state index is 0.704. The van der Waals surface area contributed by atoms with Gasteiger partial charge in [0.1, 0.15) is 0 Å². The van der Waals surface area contributed by atoms with Crippen LogP contribution in [-0.2, 0) is 16.0 Å². The number of methoxy groups -OCH3 is 2. The van der Waals surface area contributed by atoms with Crippen LogP contribution in [0.5, 0.6) is 0 Å². The maximum atomic E-state index is 5.20. The van der Waals surface area contributed by atoms with Gasteiger partial charge in [-0.3, -0.25) is 0 Å². The minimum Gasteiger partial charge on any atom is -0.383 e. The Morgan fingerprint density at radius 3 is 2.33 bits per heavy atom. The molecule has 5 heteroatoms. The molecule has 0 spiro atoms. The van der Waals surface area contributed by atoms with Gasteiger partial charge in [0.25, 0.3) is 0 Å². The van der Waals surface area contributed by atoms with Crippen molar-refractivity contribution in [2.45, 2.75) is 19.9 Å². The first-order valence-electron chi connectivity index (χ1n) is 7.44. The fraction of sp³-hybridized carbons (Fsp3) is 0.625. The summed E-state index contributed by atoms with van der Waals surface area (Å²) in [7, 11) is 3.46. The maximum absolute atomic E-state index is 5.20. The van der Waals surface area contributed by atoms with Gasteiger partial charge in [0.05, 0.1) is 18.9 Å². The summed E-state index contributed by atoms with van der Waals surface area (Å²) in [6.07, 6.45) is 1.15. The number of anilines is 1. The summed E-state index contributed by atoms with van der Waals surface area (Å²) in [6.45, 7) is 7.25. The van der Waals surface area contributed by atoms with Gasteiger partial charge in [0, 0.05) is 38.3 Å². The van der Waals surface area contributed by atoms with E-state index in [1.54, 1.807) is 14.2 Å². The molecule has 0 saturated carbocycles. The van der Waals surface area contributed by atoms with E-state index in [4.69, 9.17) is 9.47 Å². The van der Waals surface area contributed by atoms with Crippen LogP contribution in [-0.4, -0.2) is 47.1 Å². The van der Waals surface area contributed by atoms with Crippen LogP contribution < -0.4 is 10.2 Å². The lowest BCUT2D eigenvalue weighted by molar-refractivity contribution is 0.190. The van der Waals surface area contributed by atoms with Crippen molar-refractivity contribution in [3.05, 3.63) is 28.2 Å². The van der Waals surface area contributed by atoms with Gasteiger partial charge in [-0.1, -0.05) is 13.0 Å². The van der Waals surface area contributed by atoms with Gasteiger partial charge in [-0.05, 0) is 46.6 Å². The topological polar surface area (TPSA) is 33.7 Å². The Hall–Kier alpha value is -0.620. The maximum Gasteiger partial charge on any atom is 0.0637 e. The molecule has 1 aromatic carbocycles. The monoisotopic (exact) mass is 358 g/mol. The van der Waals surface area contributed by atoms with Gasteiger partial charge in [0.2, 0.25) is 0 Å². The lowest BCUT2D eigenvalue weighted by Gasteiger charge is -2.25. The number of ether oxygens (including phenoxy) is 2. The average molecular weight is 359 g/mol. The number of hydrogen-bond acceptors (Lipinski definition) is 4. The summed E-state index contributed by atoms with van der Waals surface area (Å²) in [5.74, 6) is 0. The lowest BCUT2D eigenvalue weighted by atomic mass is 10.2. The summed E-state index contributed by atoms with van der Waals surface area (Å²) in [5, 5.41) is 3.42. The summed E-state index contributed by atoms with van der Waals surface area (Å²) < 4.78 is 11.5. The third-order valence-electron chi connectivity index (χ3n) is 3.24. The highest BCUT2D eigenvalue weighted by atomic mass is 79.9. The van der Waals surface area contributed by atoms with E-state index in [1.165, 1.54) is 11.3 Å². The van der Waals surface area contributed by atoms with Crippen molar-refractivity contribution < 1.29 is 9.47 Å². The Morgan fingerprint density at radius 2 is 1.81 bits per heavy atom. The average Bonchev–Trinajstić information content (AvgIpc) is 2.49. The standard InChI is InChI=1S/C16H27BrN2O2/c1-4-7-18-13-14-5-6-16(15(17)12-14)19(8-10-20-2)9-11-21-3/h5-6,12,18H,4,7-11,13H2,1-3H3. The lowest BCUT2D eigenvalue weighted by Crippen LogP contribution is -2.31. The summed E-state index contributed by atoms with van der Waals surface area (Å²) in [6, 6.07) is 6.53. The van der Waals surface area contributed by atoms with Crippen LogP contribution in [0.25, 0.3) is 0 Å². The van der Waals surface area contributed by atoms with E-state index in [2.05, 4.69) is 51.3 Å². The normalized spacial score (nSPS) is 10.9. The highest BCUT2D eigenvalue weighted by Crippen LogP contribution is 2.27. The number of nitrogens with zero attached hydrogens (tertiary/aromatic N) is 1. The number of benzene rings is 1. The van der Waals surface area contributed by atoms with Gasteiger partial charge < -0.3 is 19.7 Å². The number of nitrogens with one attached hydrogen (secondary N) is 1. The molecular formula is C16H27BrN2O2. The molecule has 0 aromatic heterocycles. The minimum absolute atomic E-state index is 0.704. The van der Waals surface area contributed by atoms with E-state index in [0.29, 0.717) is 13.2 Å². The molecule has 0 heterocycles. The van der Waals surface area contributed by atoms with Crippen LogP contribution in [0, 0.1) is 0 Å². The molecule has 0 aliphatic rings. The second kappa shape index (κ2) is 11.0. The molecule has 21 heavy (non-hydrogen) atoms. The zero-order chi connectivity index (χ0) is 15.5. The predicted octanol–water partition coefficient (Wildman–Crippen LogP) is 3.05. The van der Waals surface area contributed by atoms with E-state index in [0.717, 1.165) is 37.1 Å². The molecule has 4 nitrogen and oxygen atoms in total. The number of halogens is 1. The summed E-state index contributed by atoms with van der Waals surface area (Å²) in [4.78, 5) is 2.28. The number of rotatable bonds is 11. The van der Waals surface area contributed by atoms with Crippen LogP contribution in [0.1, 0.15) is 18.9 Å². The predicted molar refractivity (Wildman–Crippen MR) is 92.1 cm³/mol. The van der Waals surface area contributed by atoms with Crippen LogP contribution in [0.15, 0.2) is 22.7 Å². The zero-order valence-corrected chi connectivity index (χ0v) is 14.9. The van der Waals surface area contributed by atoms with Gasteiger partial charge in [-0.15, -0.1) is 0 Å². The molecule has 120 valence electrons. The Morgan fingerprint density at radius 1 is 1.14 bits per heavy atom.